The molecule has 1 aliphatic rings. The van der Waals surface area contributed by atoms with Crippen molar-refractivity contribution in [2.75, 3.05) is 13.7 Å². The van der Waals surface area contributed by atoms with Gasteiger partial charge in [0.05, 0.1) is 12.5 Å². The summed E-state index contributed by atoms with van der Waals surface area (Å²) in [6.07, 6.45) is 22.7. The molecule has 1 aliphatic carbocycles. The summed E-state index contributed by atoms with van der Waals surface area (Å²) in [6, 6.07) is 6.35. The summed E-state index contributed by atoms with van der Waals surface area (Å²) in [6.45, 7) is 2.48. The van der Waals surface area contributed by atoms with E-state index in [-0.39, 0.29) is 12.0 Å². The number of hydrogen-bond donors (Lipinski definition) is 1. The van der Waals surface area contributed by atoms with Gasteiger partial charge in [0.25, 0.3) is 0 Å². The van der Waals surface area contributed by atoms with Crippen LogP contribution in [0.3, 0.4) is 0 Å². The van der Waals surface area contributed by atoms with Crippen molar-refractivity contribution in [3.05, 3.63) is 29.3 Å². The molecule has 0 spiro atoms. The van der Waals surface area contributed by atoms with E-state index in [0.717, 1.165) is 49.8 Å². The second kappa shape index (κ2) is 16.3. The van der Waals surface area contributed by atoms with Gasteiger partial charge in [0, 0.05) is 18.6 Å². The summed E-state index contributed by atoms with van der Waals surface area (Å²) in [5.41, 5.74) is 1.92. The molecule has 188 valence electrons. The summed E-state index contributed by atoms with van der Waals surface area (Å²) in [5.74, 6) is 1.26. The van der Waals surface area contributed by atoms with E-state index in [1.54, 1.807) is 7.11 Å². The van der Waals surface area contributed by atoms with Crippen molar-refractivity contribution < 1.29 is 14.6 Å². The highest BCUT2D eigenvalue weighted by molar-refractivity contribution is 5.92. The summed E-state index contributed by atoms with van der Waals surface area (Å²) < 4.78 is 5.76. The molecule has 1 fully saturated rings. The number of Topliss-reactive ketones (excluding diaryl/α,β-unsaturated/α-hetero) is 1. The molecule has 1 aromatic rings. The number of methoxy groups -OCH3 is 1. The third kappa shape index (κ3) is 9.08. The van der Waals surface area contributed by atoms with Crippen molar-refractivity contribution in [1.82, 2.24) is 0 Å². The Bertz CT molecular complexity index is 669. The molecule has 0 aliphatic heterocycles. The highest BCUT2D eigenvalue weighted by atomic mass is 16.5. The first kappa shape index (κ1) is 27.9. The number of aryl methyl sites for hydroxylation is 1. The maximum absolute atomic E-state index is 13.1. The van der Waals surface area contributed by atoms with Gasteiger partial charge < -0.3 is 9.84 Å². The fourth-order valence-corrected chi connectivity index (χ4v) is 5.63. The zero-order valence-electron chi connectivity index (χ0n) is 21.6. The van der Waals surface area contributed by atoms with Gasteiger partial charge in [-0.3, -0.25) is 4.79 Å². The van der Waals surface area contributed by atoms with Crippen LogP contribution in [0.2, 0.25) is 0 Å². The molecule has 3 nitrogen and oxygen atoms in total. The number of aliphatic hydroxyl groups is 1. The molecule has 3 heteroatoms. The largest absolute Gasteiger partial charge is 0.496 e. The quantitative estimate of drug-likeness (QED) is 0.213. The standard InChI is InChI=1S/C30H50O3/c1-3-4-5-6-7-8-9-10-11-12-13-14-15-22-30(23-16-19-29(30)32)27-21-20-26(18-17-24-31)25-28(27)33-2/h20-21,25,31H,3-19,22-24H2,1-2H3. The maximum atomic E-state index is 13.1. The van der Waals surface area contributed by atoms with Crippen LogP contribution in [0.15, 0.2) is 18.2 Å². The van der Waals surface area contributed by atoms with Crippen molar-refractivity contribution in [3.8, 4) is 5.75 Å². The van der Waals surface area contributed by atoms with Crippen LogP contribution in [0.25, 0.3) is 0 Å². The fraction of sp³-hybridized carbons (Fsp3) is 0.767. The summed E-state index contributed by atoms with van der Waals surface area (Å²) in [4.78, 5) is 13.1. The number of hydrogen-bond acceptors (Lipinski definition) is 3. The highest BCUT2D eigenvalue weighted by Crippen LogP contribution is 2.46. The predicted octanol–water partition coefficient (Wildman–Crippen LogP) is 8.09. The van der Waals surface area contributed by atoms with Gasteiger partial charge in [-0.2, -0.15) is 0 Å². The first-order valence-corrected chi connectivity index (χ1v) is 14.0. The number of carbonyl (C=O) groups excluding carboxylic acids is 1. The molecule has 0 radical (unpaired) electrons. The molecule has 2 rings (SSSR count). The molecule has 0 aromatic heterocycles. The van der Waals surface area contributed by atoms with Crippen molar-refractivity contribution in [2.24, 2.45) is 0 Å². The lowest BCUT2D eigenvalue weighted by atomic mass is 9.73. The molecule has 1 unspecified atom stereocenters. The van der Waals surface area contributed by atoms with Crippen molar-refractivity contribution in [1.29, 1.82) is 0 Å². The van der Waals surface area contributed by atoms with Gasteiger partial charge >= 0.3 is 0 Å². The van der Waals surface area contributed by atoms with Crippen molar-refractivity contribution in [2.45, 2.75) is 134 Å². The average molecular weight is 459 g/mol. The average Bonchev–Trinajstić information content (AvgIpc) is 3.21. The SMILES string of the molecule is CCCCCCCCCCCCCCCC1(c2ccc(CCCO)cc2OC)CCCC1=O. The Hall–Kier alpha value is -1.35. The monoisotopic (exact) mass is 458 g/mol. The minimum absolute atomic E-state index is 0.200. The van der Waals surface area contributed by atoms with Gasteiger partial charge in [0.2, 0.25) is 0 Å². The highest BCUT2D eigenvalue weighted by Gasteiger charge is 2.44. The van der Waals surface area contributed by atoms with Crippen LogP contribution in [0.5, 0.6) is 5.75 Å². The third-order valence-electron chi connectivity index (χ3n) is 7.65. The lowest BCUT2D eigenvalue weighted by Crippen LogP contribution is -2.31. The second-order valence-corrected chi connectivity index (χ2v) is 10.2. The first-order valence-electron chi connectivity index (χ1n) is 14.0. The first-order chi connectivity index (χ1) is 16.2. The van der Waals surface area contributed by atoms with Gasteiger partial charge in [-0.25, -0.2) is 0 Å². The number of carbonyl (C=O) groups is 1. The van der Waals surface area contributed by atoms with E-state index in [1.807, 2.05) is 0 Å². The van der Waals surface area contributed by atoms with E-state index in [1.165, 1.54) is 82.6 Å². The number of rotatable bonds is 19. The smallest absolute Gasteiger partial charge is 0.143 e. The topological polar surface area (TPSA) is 46.5 Å². The van der Waals surface area contributed by atoms with Crippen LogP contribution >= 0.6 is 0 Å². The Labute approximate surface area is 203 Å². The minimum Gasteiger partial charge on any atom is -0.496 e. The number of benzene rings is 1. The van der Waals surface area contributed by atoms with Crippen LogP contribution < -0.4 is 4.74 Å². The number of unbranched alkanes of at least 4 members (excludes halogenated alkanes) is 12. The Kier molecular flexibility index (Phi) is 13.8. The van der Waals surface area contributed by atoms with Crippen LogP contribution in [0, 0.1) is 0 Å². The molecule has 1 saturated carbocycles. The Morgan fingerprint density at radius 2 is 1.48 bits per heavy atom. The van der Waals surface area contributed by atoms with E-state index < -0.39 is 0 Å². The third-order valence-corrected chi connectivity index (χ3v) is 7.65. The fourth-order valence-electron chi connectivity index (χ4n) is 5.63. The van der Waals surface area contributed by atoms with Crippen LogP contribution in [0.4, 0.5) is 0 Å². The van der Waals surface area contributed by atoms with E-state index in [9.17, 15) is 4.79 Å². The second-order valence-electron chi connectivity index (χ2n) is 10.2. The molecule has 33 heavy (non-hydrogen) atoms. The van der Waals surface area contributed by atoms with Crippen LogP contribution in [-0.2, 0) is 16.6 Å². The van der Waals surface area contributed by atoms with Gasteiger partial charge in [-0.05, 0) is 43.7 Å². The van der Waals surface area contributed by atoms with E-state index in [4.69, 9.17) is 9.84 Å². The summed E-state index contributed by atoms with van der Waals surface area (Å²) in [7, 11) is 1.72. The molecule has 1 atom stereocenters. The zero-order chi connectivity index (χ0) is 23.8. The maximum Gasteiger partial charge on any atom is 0.143 e. The lowest BCUT2D eigenvalue weighted by molar-refractivity contribution is -0.122. The molecule has 1 aromatic carbocycles. The number of aliphatic hydroxyl groups excluding tert-OH is 1. The van der Waals surface area contributed by atoms with E-state index in [2.05, 4.69) is 25.1 Å². The van der Waals surface area contributed by atoms with Gasteiger partial charge in [-0.1, -0.05) is 103 Å². The zero-order valence-corrected chi connectivity index (χ0v) is 21.6. The normalized spacial score (nSPS) is 18.2. The van der Waals surface area contributed by atoms with E-state index >= 15 is 0 Å². The minimum atomic E-state index is -0.349. The van der Waals surface area contributed by atoms with Crippen molar-refractivity contribution in [3.63, 3.8) is 0 Å². The molecule has 0 bridgehead atoms. The number of ether oxygens (including phenoxy) is 1. The van der Waals surface area contributed by atoms with Gasteiger partial charge in [0.15, 0.2) is 0 Å². The molecular weight excluding hydrogens is 408 g/mol. The van der Waals surface area contributed by atoms with Crippen molar-refractivity contribution >= 4 is 5.78 Å². The van der Waals surface area contributed by atoms with Crippen LogP contribution in [0.1, 0.15) is 134 Å². The van der Waals surface area contributed by atoms with Crippen LogP contribution in [-0.4, -0.2) is 24.6 Å². The Morgan fingerprint density at radius 1 is 0.879 bits per heavy atom. The number of ketones is 1. The Morgan fingerprint density at radius 3 is 2.00 bits per heavy atom. The molecule has 0 heterocycles. The molecule has 0 saturated heterocycles. The summed E-state index contributed by atoms with van der Waals surface area (Å²) in [5, 5.41) is 9.13. The lowest BCUT2D eigenvalue weighted by Gasteiger charge is -2.30. The van der Waals surface area contributed by atoms with Gasteiger partial charge in [-0.15, -0.1) is 0 Å². The summed E-state index contributed by atoms with van der Waals surface area (Å²) >= 11 is 0. The molecule has 0 amide bonds. The van der Waals surface area contributed by atoms with E-state index in [0.29, 0.717) is 12.2 Å². The van der Waals surface area contributed by atoms with Gasteiger partial charge in [0.1, 0.15) is 11.5 Å². The Balaban J connectivity index is 1.75. The molecular formula is C30H50O3. The predicted molar refractivity (Wildman–Crippen MR) is 139 cm³/mol. The molecule has 1 N–H and O–H groups in total.